The normalized spacial score (nSPS) is 11.2. The Morgan fingerprint density at radius 2 is 1.81 bits per heavy atom. The third-order valence-corrected chi connectivity index (χ3v) is 3.68. The highest BCUT2D eigenvalue weighted by atomic mass is 16.4. The molecule has 1 aromatic heterocycles. The lowest BCUT2D eigenvalue weighted by Gasteiger charge is -2.26. The molecule has 1 amide bonds. The van der Waals surface area contributed by atoms with Crippen molar-refractivity contribution in [3.63, 3.8) is 0 Å². The predicted molar refractivity (Wildman–Crippen MR) is 82.7 cm³/mol. The Kier molecular flexibility index (Phi) is 5.58. The lowest BCUT2D eigenvalue weighted by Crippen LogP contribution is -2.38. The van der Waals surface area contributed by atoms with E-state index in [0.717, 1.165) is 11.4 Å². The van der Waals surface area contributed by atoms with Gasteiger partial charge in [0.1, 0.15) is 0 Å². The van der Waals surface area contributed by atoms with Gasteiger partial charge in [0.15, 0.2) is 0 Å². The molecule has 0 spiro atoms. The zero-order chi connectivity index (χ0) is 16.3. The van der Waals surface area contributed by atoms with Crippen molar-refractivity contribution in [2.45, 2.75) is 60.0 Å². The van der Waals surface area contributed by atoms with Crippen molar-refractivity contribution in [2.75, 3.05) is 6.54 Å². The minimum atomic E-state index is -0.888. The van der Waals surface area contributed by atoms with Gasteiger partial charge in [0, 0.05) is 30.0 Å². The van der Waals surface area contributed by atoms with E-state index in [1.54, 1.807) is 4.90 Å². The van der Waals surface area contributed by atoms with Crippen LogP contribution in [0.1, 0.15) is 61.9 Å². The monoisotopic (exact) mass is 294 g/mol. The van der Waals surface area contributed by atoms with Gasteiger partial charge in [0.2, 0.25) is 0 Å². The second-order valence-electron chi connectivity index (χ2n) is 5.98. The van der Waals surface area contributed by atoms with Gasteiger partial charge in [0.05, 0.1) is 12.0 Å². The Bertz CT molecular complexity index is 530. The summed E-state index contributed by atoms with van der Waals surface area (Å²) >= 11 is 0. The smallest absolute Gasteiger partial charge is 0.305 e. The van der Waals surface area contributed by atoms with Crippen LogP contribution in [0.15, 0.2) is 6.07 Å². The SMILES string of the molecule is Cc1cc(C(=O)N(CCC(=O)O)C(C)C)c(C)n1C(C)C. The number of amides is 1. The summed E-state index contributed by atoms with van der Waals surface area (Å²) in [6, 6.07) is 2.16. The first kappa shape index (κ1) is 17.3. The van der Waals surface area contributed by atoms with E-state index in [-0.39, 0.29) is 31.0 Å². The average molecular weight is 294 g/mol. The Morgan fingerprint density at radius 1 is 1.24 bits per heavy atom. The van der Waals surface area contributed by atoms with Crippen LogP contribution >= 0.6 is 0 Å². The molecule has 118 valence electrons. The highest BCUT2D eigenvalue weighted by Crippen LogP contribution is 2.22. The quantitative estimate of drug-likeness (QED) is 0.877. The summed E-state index contributed by atoms with van der Waals surface area (Å²) in [7, 11) is 0. The minimum absolute atomic E-state index is 0.0287. The number of hydrogen-bond acceptors (Lipinski definition) is 2. The fourth-order valence-electron chi connectivity index (χ4n) is 2.75. The number of nitrogens with zero attached hydrogens (tertiary/aromatic N) is 2. The van der Waals surface area contributed by atoms with E-state index in [1.807, 2.05) is 33.8 Å². The Morgan fingerprint density at radius 3 is 2.19 bits per heavy atom. The first-order valence-electron chi connectivity index (χ1n) is 7.38. The molecule has 5 nitrogen and oxygen atoms in total. The lowest BCUT2D eigenvalue weighted by molar-refractivity contribution is -0.137. The summed E-state index contributed by atoms with van der Waals surface area (Å²) < 4.78 is 2.13. The van der Waals surface area contributed by atoms with Gasteiger partial charge >= 0.3 is 5.97 Å². The van der Waals surface area contributed by atoms with Gasteiger partial charge in [-0.2, -0.15) is 0 Å². The van der Waals surface area contributed by atoms with Crippen LogP contribution in [0.25, 0.3) is 0 Å². The van der Waals surface area contributed by atoms with Crippen molar-refractivity contribution in [1.82, 2.24) is 9.47 Å². The van der Waals surface area contributed by atoms with Crippen LogP contribution in [-0.2, 0) is 4.79 Å². The zero-order valence-corrected chi connectivity index (χ0v) is 13.8. The maximum absolute atomic E-state index is 12.7. The standard InChI is InChI=1S/C16H26N2O3/c1-10(2)17(8-7-15(19)20)16(21)14-9-12(5)18(11(3)4)13(14)6/h9-11H,7-8H2,1-6H3,(H,19,20). The van der Waals surface area contributed by atoms with Gasteiger partial charge in [0.25, 0.3) is 5.91 Å². The Balaban J connectivity index is 3.10. The number of carboxylic acids is 1. The fraction of sp³-hybridized carbons (Fsp3) is 0.625. The van der Waals surface area contributed by atoms with Crippen LogP contribution in [0.4, 0.5) is 0 Å². The van der Waals surface area contributed by atoms with Gasteiger partial charge in [-0.1, -0.05) is 0 Å². The van der Waals surface area contributed by atoms with Crippen LogP contribution in [-0.4, -0.2) is 39.0 Å². The van der Waals surface area contributed by atoms with Crippen LogP contribution in [0.3, 0.4) is 0 Å². The first-order chi connectivity index (χ1) is 9.66. The number of carboxylic acid groups (broad SMARTS) is 1. The van der Waals surface area contributed by atoms with Crippen molar-refractivity contribution in [3.05, 3.63) is 23.0 Å². The molecule has 5 heteroatoms. The summed E-state index contributed by atoms with van der Waals surface area (Å²) in [5.41, 5.74) is 2.65. The molecule has 0 aliphatic carbocycles. The van der Waals surface area contributed by atoms with Gasteiger partial charge in [-0.25, -0.2) is 0 Å². The summed E-state index contributed by atoms with van der Waals surface area (Å²) in [6.07, 6.45) is -0.0349. The summed E-state index contributed by atoms with van der Waals surface area (Å²) in [4.78, 5) is 25.1. The van der Waals surface area contributed by atoms with Crippen molar-refractivity contribution < 1.29 is 14.7 Å². The average Bonchev–Trinajstić information content (AvgIpc) is 2.63. The third kappa shape index (κ3) is 3.86. The zero-order valence-electron chi connectivity index (χ0n) is 13.8. The third-order valence-electron chi connectivity index (χ3n) is 3.68. The topological polar surface area (TPSA) is 62.5 Å². The molecule has 0 saturated heterocycles. The summed E-state index contributed by atoms with van der Waals surface area (Å²) in [5.74, 6) is -0.979. The van der Waals surface area contributed by atoms with Crippen LogP contribution in [0.5, 0.6) is 0 Å². The van der Waals surface area contributed by atoms with Crippen LogP contribution in [0.2, 0.25) is 0 Å². The van der Waals surface area contributed by atoms with Crippen molar-refractivity contribution >= 4 is 11.9 Å². The molecule has 0 aliphatic rings. The second-order valence-corrected chi connectivity index (χ2v) is 5.98. The van der Waals surface area contributed by atoms with E-state index >= 15 is 0 Å². The van der Waals surface area contributed by atoms with Crippen molar-refractivity contribution in [1.29, 1.82) is 0 Å². The maximum Gasteiger partial charge on any atom is 0.305 e. The molecule has 21 heavy (non-hydrogen) atoms. The van der Waals surface area contributed by atoms with E-state index in [2.05, 4.69) is 18.4 Å². The number of aromatic nitrogens is 1. The number of aliphatic carboxylic acids is 1. The lowest BCUT2D eigenvalue weighted by atomic mass is 10.1. The number of carbonyl (C=O) groups is 2. The summed E-state index contributed by atoms with van der Waals surface area (Å²) in [5, 5.41) is 8.83. The number of aryl methyl sites for hydroxylation is 1. The van der Waals surface area contributed by atoms with E-state index < -0.39 is 5.97 Å². The Hall–Kier alpha value is -1.78. The second kappa shape index (κ2) is 6.78. The summed E-state index contributed by atoms with van der Waals surface area (Å²) in [6.45, 7) is 12.1. The van der Waals surface area contributed by atoms with Crippen LogP contribution < -0.4 is 0 Å². The molecule has 0 aromatic carbocycles. The largest absolute Gasteiger partial charge is 0.481 e. The molecule has 0 aliphatic heterocycles. The Labute approximate surface area is 126 Å². The van der Waals surface area contributed by atoms with Gasteiger partial charge in [-0.05, 0) is 47.6 Å². The van der Waals surface area contributed by atoms with Gasteiger partial charge in [-0.3, -0.25) is 9.59 Å². The molecule has 1 aromatic rings. The highest BCUT2D eigenvalue weighted by Gasteiger charge is 2.24. The number of rotatable bonds is 6. The van der Waals surface area contributed by atoms with Crippen LogP contribution in [0, 0.1) is 13.8 Å². The molecule has 1 heterocycles. The number of hydrogen-bond donors (Lipinski definition) is 1. The first-order valence-corrected chi connectivity index (χ1v) is 7.38. The molecule has 1 rings (SSSR count). The highest BCUT2D eigenvalue weighted by molar-refractivity contribution is 5.96. The van der Waals surface area contributed by atoms with Gasteiger partial charge < -0.3 is 14.6 Å². The number of carbonyl (C=O) groups excluding carboxylic acids is 1. The van der Waals surface area contributed by atoms with E-state index in [4.69, 9.17) is 5.11 Å². The molecule has 0 radical (unpaired) electrons. The molecule has 0 fully saturated rings. The molecular formula is C16H26N2O3. The maximum atomic E-state index is 12.7. The van der Waals surface area contributed by atoms with Crippen molar-refractivity contribution in [2.24, 2.45) is 0 Å². The molecule has 0 bridgehead atoms. The minimum Gasteiger partial charge on any atom is -0.481 e. The molecule has 0 unspecified atom stereocenters. The molecule has 0 atom stereocenters. The van der Waals surface area contributed by atoms with E-state index in [0.29, 0.717) is 5.56 Å². The van der Waals surface area contributed by atoms with Gasteiger partial charge in [-0.15, -0.1) is 0 Å². The molecule has 1 N–H and O–H groups in total. The van der Waals surface area contributed by atoms with Crippen molar-refractivity contribution in [3.8, 4) is 0 Å². The fourth-order valence-corrected chi connectivity index (χ4v) is 2.75. The molecule has 0 saturated carbocycles. The van der Waals surface area contributed by atoms with E-state index in [9.17, 15) is 9.59 Å². The van der Waals surface area contributed by atoms with E-state index in [1.165, 1.54) is 0 Å². The molecular weight excluding hydrogens is 268 g/mol. The predicted octanol–water partition coefficient (Wildman–Crippen LogP) is 3.01.